The summed E-state index contributed by atoms with van der Waals surface area (Å²) in [5.41, 5.74) is 1.50. The summed E-state index contributed by atoms with van der Waals surface area (Å²) < 4.78 is 0. The average molecular weight is 259 g/mol. The molecule has 0 bridgehead atoms. The first-order valence-corrected chi connectivity index (χ1v) is 8.14. The number of benzene rings is 1. The Kier molecular flexibility index (Phi) is 6.43. The molecule has 1 heteroatoms. The lowest BCUT2D eigenvalue weighted by Crippen LogP contribution is -2.25. The van der Waals surface area contributed by atoms with Crippen molar-refractivity contribution in [2.75, 3.05) is 13.1 Å². The van der Waals surface area contributed by atoms with Crippen LogP contribution in [0.2, 0.25) is 0 Å². The molecule has 1 nitrogen and oxygen atoms in total. The predicted octanol–water partition coefficient (Wildman–Crippen LogP) is 4.43. The van der Waals surface area contributed by atoms with Crippen LogP contribution in [0.15, 0.2) is 30.3 Å². The fraction of sp³-hybridized carbons (Fsp3) is 0.667. The topological polar surface area (TPSA) is 12.0 Å². The highest BCUT2D eigenvalue weighted by Gasteiger charge is 2.25. The monoisotopic (exact) mass is 259 g/mol. The van der Waals surface area contributed by atoms with Crippen LogP contribution in [0.1, 0.15) is 51.0 Å². The summed E-state index contributed by atoms with van der Waals surface area (Å²) in [6.07, 6.45) is 9.67. The van der Waals surface area contributed by atoms with E-state index in [1.54, 1.807) is 0 Å². The van der Waals surface area contributed by atoms with Gasteiger partial charge >= 0.3 is 0 Å². The summed E-state index contributed by atoms with van der Waals surface area (Å²) in [6.45, 7) is 4.69. The van der Waals surface area contributed by atoms with E-state index in [-0.39, 0.29) is 0 Å². The second-order valence-corrected chi connectivity index (χ2v) is 6.03. The van der Waals surface area contributed by atoms with E-state index in [1.165, 1.54) is 63.6 Å². The van der Waals surface area contributed by atoms with Gasteiger partial charge in [0.05, 0.1) is 0 Å². The van der Waals surface area contributed by atoms with Crippen molar-refractivity contribution >= 4 is 0 Å². The normalized spacial score (nSPS) is 22.8. The van der Waals surface area contributed by atoms with Crippen LogP contribution in [0, 0.1) is 11.8 Å². The number of nitrogens with one attached hydrogen (secondary N) is 1. The van der Waals surface area contributed by atoms with Gasteiger partial charge in [-0.25, -0.2) is 0 Å². The van der Waals surface area contributed by atoms with Crippen LogP contribution >= 0.6 is 0 Å². The maximum Gasteiger partial charge on any atom is -0.00179 e. The first-order valence-electron chi connectivity index (χ1n) is 8.14. The molecule has 1 aliphatic rings. The largest absolute Gasteiger partial charge is 0.316 e. The SMILES string of the molecule is CCCNCC1CCCC1CCCc1ccccc1. The van der Waals surface area contributed by atoms with Crippen molar-refractivity contribution in [2.24, 2.45) is 11.8 Å². The number of rotatable bonds is 8. The van der Waals surface area contributed by atoms with Gasteiger partial charge in [-0.2, -0.15) is 0 Å². The molecule has 0 amide bonds. The zero-order chi connectivity index (χ0) is 13.3. The molecule has 0 spiro atoms. The average Bonchev–Trinajstić information content (AvgIpc) is 2.88. The predicted molar refractivity (Wildman–Crippen MR) is 83.4 cm³/mol. The van der Waals surface area contributed by atoms with E-state index in [0.717, 1.165) is 11.8 Å². The Labute approximate surface area is 118 Å². The van der Waals surface area contributed by atoms with E-state index in [2.05, 4.69) is 42.6 Å². The van der Waals surface area contributed by atoms with E-state index < -0.39 is 0 Å². The van der Waals surface area contributed by atoms with Crippen molar-refractivity contribution in [1.82, 2.24) is 5.32 Å². The molecule has 1 fully saturated rings. The third-order valence-corrected chi connectivity index (χ3v) is 4.53. The second-order valence-electron chi connectivity index (χ2n) is 6.03. The first-order chi connectivity index (χ1) is 9.40. The van der Waals surface area contributed by atoms with Gasteiger partial charge in [0.25, 0.3) is 0 Å². The van der Waals surface area contributed by atoms with E-state index in [4.69, 9.17) is 0 Å². The van der Waals surface area contributed by atoms with E-state index in [0.29, 0.717) is 0 Å². The number of hydrogen-bond acceptors (Lipinski definition) is 1. The Balaban J connectivity index is 1.66. The Morgan fingerprint density at radius 2 is 1.89 bits per heavy atom. The minimum atomic E-state index is 0.947. The molecule has 1 saturated carbocycles. The smallest absolute Gasteiger partial charge is 0.00179 e. The van der Waals surface area contributed by atoms with E-state index in [1.807, 2.05) is 0 Å². The molecule has 0 heterocycles. The lowest BCUT2D eigenvalue weighted by Gasteiger charge is -2.20. The molecule has 1 N–H and O–H groups in total. The molecule has 2 rings (SSSR count). The van der Waals surface area contributed by atoms with Crippen LogP contribution < -0.4 is 5.32 Å². The second kappa shape index (κ2) is 8.37. The minimum absolute atomic E-state index is 0.947. The molecule has 0 saturated heterocycles. The summed E-state index contributed by atoms with van der Waals surface area (Å²) >= 11 is 0. The third kappa shape index (κ3) is 4.99. The van der Waals surface area contributed by atoms with Crippen molar-refractivity contribution < 1.29 is 0 Å². The van der Waals surface area contributed by atoms with Crippen molar-refractivity contribution in [3.63, 3.8) is 0 Å². The Bertz CT molecular complexity index is 333. The minimum Gasteiger partial charge on any atom is -0.316 e. The van der Waals surface area contributed by atoms with Gasteiger partial charge in [-0.3, -0.25) is 0 Å². The summed E-state index contributed by atoms with van der Waals surface area (Å²) in [5.74, 6) is 1.93. The molecular formula is C18H29N. The summed E-state index contributed by atoms with van der Waals surface area (Å²) in [6, 6.07) is 10.9. The molecule has 0 aliphatic heterocycles. The fourth-order valence-electron chi connectivity index (χ4n) is 3.44. The molecule has 0 radical (unpaired) electrons. The van der Waals surface area contributed by atoms with Gasteiger partial charge in [-0.15, -0.1) is 0 Å². The maximum atomic E-state index is 3.62. The van der Waals surface area contributed by atoms with Crippen molar-refractivity contribution in [3.05, 3.63) is 35.9 Å². The molecular weight excluding hydrogens is 230 g/mol. The number of aryl methyl sites for hydroxylation is 1. The van der Waals surface area contributed by atoms with Gasteiger partial charge in [0.2, 0.25) is 0 Å². The molecule has 106 valence electrons. The van der Waals surface area contributed by atoms with Gasteiger partial charge in [-0.05, 0) is 62.6 Å². The van der Waals surface area contributed by atoms with E-state index in [9.17, 15) is 0 Å². The quantitative estimate of drug-likeness (QED) is 0.681. The summed E-state index contributed by atoms with van der Waals surface area (Å²) in [5, 5.41) is 3.62. The maximum absolute atomic E-state index is 3.62. The zero-order valence-electron chi connectivity index (χ0n) is 12.4. The van der Waals surface area contributed by atoms with Crippen LogP contribution in [0.4, 0.5) is 0 Å². The third-order valence-electron chi connectivity index (χ3n) is 4.53. The van der Waals surface area contributed by atoms with Crippen LogP contribution in [0.5, 0.6) is 0 Å². The van der Waals surface area contributed by atoms with Crippen LogP contribution in [-0.2, 0) is 6.42 Å². The molecule has 0 aromatic heterocycles. The van der Waals surface area contributed by atoms with Gasteiger partial charge in [0.1, 0.15) is 0 Å². The van der Waals surface area contributed by atoms with Gasteiger partial charge < -0.3 is 5.32 Å². The lowest BCUT2D eigenvalue weighted by molar-refractivity contribution is 0.341. The lowest BCUT2D eigenvalue weighted by atomic mass is 9.90. The molecule has 1 aromatic carbocycles. The highest BCUT2D eigenvalue weighted by Crippen LogP contribution is 2.34. The first kappa shape index (κ1) is 14.6. The molecule has 2 unspecified atom stereocenters. The summed E-state index contributed by atoms with van der Waals surface area (Å²) in [4.78, 5) is 0. The molecule has 2 atom stereocenters. The van der Waals surface area contributed by atoms with Crippen LogP contribution in [0.25, 0.3) is 0 Å². The van der Waals surface area contributed by atoms with Crippen molar-refractivity contribution in [1.29, 1.82) is 0 Å². The highest BCUT2D eigenvalue weighted by atomic mass is 14.9. The van der Waals surface area contributed by atoms with Crippen LogP contribution in [-0.4, -0.2) is 13.1 Å². The van der Waals surface area contributed by atoms with Crippen molar-refractivity contribution in [3.8, 4) is 0 Å². The molecule has 1 aliphatic carbocycles. The summed E-state index contributed by atoms with van der Waals surface area (Å²) in [7, 11) is 0. The number of hydrogen-bond donors (Lipinski definition) is 1. The van der Waals surface area contributed by atoms with Crippen molar-refractivity contribution in [2.45, 2.75) is 51.9 Å². The molecule has 1 aromatic rings. The zero-order valence-corrected chi connectivity index (χ0v) is 12.4. The van der Waals surface area contributed by atoms with Gasteiger partial charge in [0.15, 0.2) is 0 Å². The highest BCUT2D eigenvalue weighted by molar-refractivity contribution is 5.14. The standard InChI is InChI=1S/C18H29N/c1-2-14-19-15-18-13-7-12-17(18)11-6-10-16-8-4-3-5-9-16/h3-5,8-9,17-19H,2,6-7,10-15H2,1H3. The van der Waals surface area contributed by atoms with E-state index >= 15 is 0 Å². The van der Waals surface area contributed by atoms with Gasteiger partial charge in [0, 0.05) is 0 Å². The Morgan fingerprint density at radius 1 is 1.11 bits per heavy atom. The molecule has 19 heavy (non-hydrogen) atoms. The van der Waals surface area contributed by atoms with Gasteiger partial charge in [-0.1, -0.05) is 50.1 Å². The van der Waals surface area contributed by atoms with Crippen LogP contribution in [0.3, 0.4) is 0 Å². The fourth-order valence-corrected chi connectivity index (χ4v) is 3.44. The Morgan fingerprint density at radius 3 is 2.68 bits per heavy atom. The Hall–Kier alpha value is -0.820.